The lowest BCUT2D eigenvalue weighted by Gasteiger charge is -2.19. The Bertz CT molecular complexity index is 145. The van der Waals surface area contributed by atoms with Crippen molar-refractivity contribution in [2.75, 3.05) is 6.54 Å². The van der Waals surface area contributed by atoms with Crippen LogP contribution in [0.4, 0.5) is 0 Å². The second-order valence-electron chi connectivity index (χ2n) is 4.56. The first kappa shape index (κ1) is 12.0. The lowest BCUT2D eigenvalue weighted by molar-refractivity contribution is 0.143. The molecule has 0 aromatic heterocycles. The predicted molar refractivity (Wildman–Crippen MR) is 60.3 cm³/mol. The molecule has 1 rings (SSSR count). The van der Waals surface area contributed by atoms with Crippen LogP contribution in [-0.2, 0) is 0 Å². The fourth-order valence-electron chi connectivity index (χ4n) is 1.84. The molecule has 1 saturated carbocycles. The Balaban J connectivity index is 2.06. The van der Waals surface area contributed by atoms with Gasteiger partial charge in [-0.3, -0.25) is 0 Å². The third-order valence-electron chi connectivity index (χ3n) is 3.18. The molecule has 0 aromatic carbocycles. The Morgan fingerprint density at radius 3 is 2.57 bits per heavy atom. The highest BCUT2D eigenvalue weighted by atomic mass is 16.3. The van der Waals surface area contributed by atoms with E-state index in [1.165, 1.54) is 38.5 Å². The Morgan fingerprint density at radius 1 is 1.36 bits per heavy atom. The molecule has 0 spiro atoms. The van der Waals surface area contributed by atoms with E-state index in [0.29, 0.717) is 12.0 Å². The minimum Gasteiger partial charge on any atom is -0.392 e. The third kappa shape index (κ3) is 4.43. The summed E-state index contributed by atoms with van der Waals surface area (Å²) in [6, 6.07) is 0.614. The van der Waals surface area contributed by atoms with Gasteiger partial charge >= 0.3 is 0 Å². The molecule has 14 heavy (non-hydrogen) atoms. The minimum absolute atomic E-state index is 0.0920. The van der Waals surface area contributed by atoms with Crippen LogP contribution in [0.15, 0.2) is 0 Å². The molecule has 0 bridgehead atoms. The molecule has 0 aromatic rings. The summed E-state index contributed by atoms with van der Waals surface area (Å²) >= 11 is 0. The monoisotopic (exact) mass is 199 g/mol. The van der Waals surface area contributed by atoms with Crippen molar-refractivity contribution in [2.24, 2.45) is 5.92 Å². The molecule has 1 fully saturated rings. The average Bonchev–Trinajstić information content (AvgIpc) is 3.01. The van der Waals surface area contributed by atoms with Crippen molar-refractivity contribution < 1.29 is 5.11 Å². The van der Waals surface area contributed by atoms with E-state index in [4.69, 9.17) is 0 Å². The normalized spacial score (nSPS) is 20.8. The Kier molecular flexibility index (Phi) is 5.49. The van der Waals surface area contributed by atoms with Crippen molar-refractivity contribution in [1.82, 2.24) is 5.32 Å². The highest BCUT2D eigenvalue weighted by molar-refractivity contribution is 4.83. The maximum atomic E-state index is 9.70. The van der Waals surface area contributed by atoms with Crippen molar-refractivity contribution in [3.8, 4) is 0 Å². The fraction of sp³-hybridized carbons (Fsp3) is 1.00. The molecule has 2 atom stereocenters. The second kappa shape index (κ2) is 6.41. The van der Waals surface area contributed by atoms with Crippen LogP contribution in [0.1, 0.15) is 52.4 Å². The van der Waals surface area contributed by atoms with E-state index in [1.54, 1.807) is 0 Å². The third-order valence-corrected chi connectivity index (χ3v) is 3.18. The van der Waals surface area contributed by atoms with Crippen LogP contribution in [0.3, 0.4) is 0 Å². The number of rotatable bonds is 8. The van der Waals surface area contributed by atoms with Crippen molar-refractivity contribution in [3.63, 3.8) is 0 Å². The standard InChI is InChI=1S/C12H25NO/c1-3-5-6-11(4-2)13-9-12(14)10-7-8-10/h10-14H,3-9H2,1-2H3. The van der Waals surface area contributed by atoms with Crippen LogP contribution in [-0.4, -0.2) is 23.8 Å². The summed E-state index contributed by atoms with van der Waals surface area (Å²) in [5.41, 5.74) is 0. The molecule has 84 valence electrons. The van der Waals surface area contributed by atoms with Crippen LogP contribution in [0.25, 0.3) is 0 Å². The smallest absolute Gasteiger partial charge is 0.0692 e. The van der Waals surface area contributed by atoms with Crippen molar-refractivity contribution in [3.05, 3.63) is 0 Å². The molecular weight excluding hydrogens is 174 g/mol. The van der Waals surface area contributed by atoms with Gasteiger partial charge in [0.05, 0.1) is 6.10 Å². The first-order chi connectivity index (χ1) is 6.77. The van der Waals surface area contributed by atoms with Gasteiger partial charge in [0.15, 0.2) is 0 Å². The molecule has 2 nitrogen and oxygen atoms in total. The van der Waals surface area contributed by atoms with E-state index in [-0.39, 0.29) is 6.10 Å². The Labute approximate surface area is 88.1 Å². The molecule has 2 heteroatoms. The second-order valence-corrected chi connectivity index (χ2v) is 4.56. The zero-order chi connectivity index (χ0) is 10.4. The Hall–Kier alpha value is -0.0800. The number of nitrogens with one attached hydrogen (secondary N) is 1. The molecule has 1 aliphatic carbocycles. The Morgan fingerprint density at radius 2 is 2.07 bits per heavy atom. The quantitative estimate of drug-likeness (QED) is 0.629. The van der Waals surface area contributed by atoms with Crippen LogP contribution in [0.2, 0.25) is 0 Å². The van der Waals surface area contributed by atoms with E-state index in [0.717, 1.165) is 6.54 Å². The van der Waals surface area contributed by atoms with Crippen LogP contribution in [0.5, 0.6) is 0 Å². The number of unbranched alkanes of at least 4 members (excludes halogenated alkanes) is 1. The maximum Gasteiger partial charge on any atom is 0.0692 e. The largest absolute Gasteiger partial charge is 0.392 e. The lowest BCUT2D eigenvalue weighted by Crippen LogP contribution is -2.36. The van der Waals surface area contributed by atoms with Crippen LogP contribution < -0.4 is 5.32 Å². The number of hydrogen-bond donors (Lipinski definition) is 2. The van der Waals surface area contributed by atoms with Gasteiger partial charge in [0.1, 0.15) is 0 Å². The van der Waals surface area contributed by atoms with Gasteiger partial charge < -0.3 is 10.4 Å². The van der Waals surface area contributed by atoms with Gasteiger partial charge in [0, 0.05) is 12.6 Å². The van der Waals surface area contributed by atoms with Gasteiger partial charge in [-0.15, -0.1) is 0 Å². The van der Waals surface area contributed by atoms with Crippen LogP contribution >= 0.6 is 0 Å². The summed E-state index contributed by atoms with van der Waals surface area (Å²) in [6.45, 7) is 5.25. The zero-order valence-corrected chi connectivity index (χ0v) is 9.63. The first-order valence-corrected chi connectivity index (χ1v) is 6.19. The summed E-state index contributed by atoms with van der Waals surface area (Å²) in [5.74, 6) is 0.603. The zero-order valence-electron chi connectivity index (χ0n) is 9.63. The molecule has 2 N–H and O–H groups in total. The summed E-state index contributed by atoms with van der Waals surface area (Å²) in [6.07, 6.45) is 7.37. The summed E-state index contributed by atoms with van der Waals surface area (Å²) in [7, 11) is 0. The summed E-state index contributed by atoms with van der Waals surface area (Å²) in [5, 5.41) is 13.2. The molecule has 0 aliphatic heterocycles. The minimum atomic E-state index is -0.0920. The van der Waals surface area contributed by atoms with E-state index in [2.05, 4.69) is 19.2 Å². The SMILES string of the molecule is CCCCC(CC)NCC(O)C1CC1. The topological polar surface area (TPSA) is 32.3 Å². The van der Waals surface area contributed by atoms with Gasteiger partial charge in [0.2, 0.25) is 0 Å². The van der Waals surface area contributed by atoms with Crippen molar-refractivity contribution in [2.45, 2.75) is 64.5 Å². The molecule has 1 aliphatic rings. The van der Waals surface area contributed by atoms with Gasteiger partial charge in [-0.2, -0.15) is 0 Å². The van der Waals surface area contributed by atoms with Gasteiger partial charge in [-0.05, 0) is 31.6 Å². The number of hydrogen-bond acceptors (Lipinski definition) is 2. The average molecular weight is 199 g/mol. The highest BCUT2D eigenvalue weighted by Crippen LogP contribution is 2.32. The van der Waals surface area contributed by atoms with Crippen molar-refractivity contribution in [1.29, 1.82) is 0 Å². The molecule has 0 radical (unpaired) electrons. The lowest BCUT2D eigenvalue weighted by atomic mass is 10.1. The number of aliphatic hydroxyl groups excluding tert-OH is 1. The molecule has 2 unspecified atom stereocenters. The summed E-state index contributed by atoms with van der Waals surface area (Å²) in [4.78, 5) is 0. The van der Waals surface area contributed by atoms with Gasteiger partial charge in [-0.1, -0.05) is 26.7 Å². The van der Waals surface area contributed by atoms with E-state index >= 15 is 0 Å². The predicted octanol–water partition coefficient (Wildman–Crippen LogP) is 2.32. The fourth-order valence-corrected chi connectivity index (χ4v) is 1.84. The molecule has 0 amide bonds. The van der Waals surface area contributed by atoms with Crippen molar-refractivity contribution >= 4 is 0 Å². The van der Waals surface area contributed by atoms with E-state index < -0.39 is 0 Å². The van der Waals surface area contributed by atoms with Crippen LogP contribution in [0, 0.1) is 5.92 Å². The molecular formula is C12H25NO. The van der Waals surface area contributed by atoms with Gasteiger partial charge in [-0.25, -0.2) is 0 Å². The molecule has 0 heterocycles. The van der Waals surface area contributed by atoms with E-state index in [9.17, 15) is 5.11 Å². The maximum absolute atomic E-state index is 9.70. The molecule has 0 saturated heterocycles. The van der Waals surface area contributed by atoms with Gasteiger partial charge in [0.25, 0.3) is 0 Å². The first-order valence-electron chi connectivity index (χ1n) is 6.19. The van der Waals surface area contributed by atoms with E-state index in [1.807, 2.05) is 0 Å². The highest BCUT2D eigenvalue weighted by Gasteiger charge is 2.29. The number of aliphatic hydroxyl groups is 1. The summed E-state index contributed by atoms with van der Waals surface area (Å²) < 4.78 is 0.